The van der Waals surface area contributed by atoms with E-state index in [2.05, 4.69) is 0 Å². The van der Waals surface area contributed by atoms with Crippen molar-refractivity contribution in [1.82, 2.24) is 0 Å². The monoisotopic (exact) mass is 509 g/mol. The molecule has 0 unspecified atom stereocenters. The summed E-state index contributed by atoms with van der Waals surface area (Å²) < 4.78 is 43.0. The molecule has 0 fully saturated rings. The van der Waals surface area contributed by atoms with E-state index in [-0.39, 0.29) is 5.69 Å². The summed E-state index contributed by atoms with van der Waals surface area (Å²) in [6.45, 7) is 7.26. The van der Waals surface area contributed by atoms with Gasteiger partial charge in [0.1, 0.15) is 12.4 Å². The summed E-state index contributed by atoms with van der Waals surface area (Å²) in [5.41, 5.74) is 0.0289. The summed E-state index contributed by atoms with van der Waals surface area (Å²) in [6, 6.07) is 5.91. The van der Waals surface area contributed by atoms with Crippen molar-refractivity contribution in [3.8, 4) is 5.75 Å². The second-order valence-corrected chi connectivity index (χ2v) is 6.95. The summed E-state index contributed by atoms with van der Waals surface area (Å²) in [6.07, 6.45) is 0. The van der Waals surface area contributed by atoms with Gasteiger partial charge in [-0.3, -0.25) is 10.1 Å². The fourth-order valence-electron chi connectivity index (χ4n) is 2.36. The van der Waals surface area contributed by atoms with Crippen molar-refractivity contribution in [3.63, 3.8) is 0 Å². The van der Waals surface area contributed by atoms with Gasteiger partial charge in [-0.25, -0.2) is 0 Å². The summed E-state index contributed by atoms with van der Waals surface area (Å²) in [7, 11) is 0. The molecule has 0 atom stereocenters. The van der Waals surface area contributed by atoms with Crippen molar-refractivity contribution < 1.29 is 42.8 Å². The number of hydrogen-bond acceptors (Lipinski definition) is 10. The van der Waals surface area contributed by atoms with Crippen molar-refractivity contribution >= 4 is 17.3 Å². The topological polar surface area (TPSA) is 117 Å². The minimum absolute atomic E-state index is 0.0289. The summed E-state index contributed by atoms with van der Waals surface area (Å²) >= 11 is 5.49. The van der Waals surface area contributed by atoms with Gasteiger partial charge >= 0.3 is 0 Å². The lowest BCUT2D eigenvalue weighted by Crippen LogP contribution is -2.15. The molecule has 0 N–H and O–H groups in total. The van der Waals surface area contributed by atoms with Gasteiger partial charge < -0.3 is 37.9 Å². The second kappa shape index (κ2) is 23.2. The predicted molar refractivity (Wildman–Crippen MR) is 125 cm³/mol. The molecule has 11 nitrogen and oxygen atoms in total. The maximum absolute atomic E-state index is 10.6. The van der Waals surface area contributed by atoms with Crippen LogP contribution in [0.15, 0.2) is 24.3 Å². The molecular weight excluding hydrogens is 474 g/mol. The Hall–Kier alpha value is -1.57. The van der Waals surface area contributed by atoms with Gasteiger partial charge in [0.15, 0.2) is 0 Å². The van der Waals surface area contributed by atoms with E-state index in [0.717, 1.165) is 0 Å². The standard InChI is InChI=1S/C22H36ClNO10/c23-5-6-27-7-8-28-9-10-29-11-12-30-13-14-31-15-16-32-17-18-33-19-20-34-22-3-1-21(2-4-22)24(25)26/h1-4H,5-20H2. The van der Waals surface area contributed by atoms with E-state index in [0.29, 0.717) is 111 Å². The van der Waals surface area contributed by atoms with Crippen molar-refractivity contribution in [2.45, 2.75) is 0 Å². The minimum Gasteiger partial charge on any atom is -0.491 e. The molecule has 1 rings (SSSR count). The van der Waals surface area contributed by atoms with E-state index in [1.165, 1.54) is 12.1 Å². The number of benzene rings is 1. The van der Waals surface area contributed by atoms with Crippen LogP contribution in [0.4, 0.5) is 5.69 Å². The average molecular weight is 510 g/mol. The molecule has 0 aliphatic heterocycles. The molecule has 0 spiro atoms. The molecule has 0 radical (unpaired) electrons. The molecule has 0 saturated carbocycles. The molecule has 0 aromatic heterocycles. The highest BCUT2D eigenvalue weighted by atomic mass is 35.5. The van der Waals surface area contributed by atoms with E-state index < -0.39 is 4.92 Å². The Bertz CT molecular complexity index is 594. The highest BCUT2D eigenvalue weighted by Crippen LogP contribution is 2.16. The van der Waals surface area contributed by atoms with Crippen LogP contribution < -0.4 is 4.74 Å². The first-order valence-electron chi connectivity index (χ1n) is 11.2. The predicted octanol–water partition coefficient (Wildman–Crippen LogP) is 2.33. The Kier molecular flexibility index (Phi) is 20.8. The Morgan fingerprint density at radius 1 is 0.559 bits per heavy atom. The number of rotatable bonds is 25. The third kappa shape index (κ3) is 18.8. The summed E-state index contributed by atoms with van der Waals surface area (Å²) in [4.78, 5) is 10.1. The van der Waals surface area contributed by atoms with Gasteiger partial charge in [-0.1, -0.05) is 0 Å². The molecule has 0 saturated heterocycles. The largest absolute Gasteiger partial charge is 0.491 e. The molecular formula is C22H36ClNO10. The van der Waals surface area contributed by atoms with E-state index >= 15 is 0 Å². The van der Waals surface area contributed by atoms with E-state index in [4.69, 9.17) is 49.5 Å². The van der Waals surface area contributed by atoms with Crippen LogP contribution in [0.1, 0.15) is 0 Å². The first kappa shape index (κ1) is 30.5. The van der Waals surface area contributed by atoms with Crippen molar-refractivity contribution in [3.05, 3.63) is 34.4 Å². The van der Waals surface area contributed by atoms with Crippen LogP contribution in [0.3, 0.4) is 0 Å². The first-order valence-corrected chi connectivity index (χ1v) is 11.7. The molecule has 12 heteroatoms. The number of nitro benzene ring substituents is 1. The maximum Gasteiger partial charge on any atom is 0.269 e. The lowest BCUT2D eigenvalue weighted by Gasteiger charge is -2.09. The van der Waals surface area contributed by atoms with Crippen LogP contribution in [-0.2, 0) is 33.2 Å². The van der Waals surface area contributed by atoms with Gasteiger partial charge in [-0.05, 0) is 12.1 Å². The number of halogens is 1. The smallest absolute Gasteiger partial charge is 0.269 e. The van der Waals surface area contributed by atoms with Gasteiger partial charge in [0.2, 0.25) is 0 Å². The zero-order chi connectivity index (χ0) is 24.5. The Labute approximate surface area is 205 Å². The molecule has 1 aromatic rings. The zero-order valence-electron chi connectivity index (χ0n) is 19.5. The number of hydrogen-bond donors (Lipinski definition) is 0. The van der Waals surface area contributed by atoms with Crippen LogP contribution in [0, 0.1) is 10.1 Å². The van der Waals surface area contributed by atoms with Gasteiger partial charge in [0.25, 0.3) is 5.69 Å². The number of non-ortho nitro benzene ring substituents is 1. The van der Waals surface area contributed by atoms with Gasteiger partial charge in [0, 0.05) is 18.0 Å². The number of nitrogens with zero attached hydrogens (tertiary/aromatic N) is 1. The Balaban J connectivity index is 1.71. The third-order valence-corrected chi connectivity index (χ3v) is 4.15. The SMILES string of the molecule is O=[N+]([O-])c1ccc(OCCOCCOCCOCCOCCOCCOCCOCCCl)cc1. The fraction of sp³-hybridized carbons (Fsp3) is 0.727. The fourth-order valence-corrected chi connectivity index (χ4v) is 2.47. The molecule has 0 aliphatic rings. The molecule has 0 bridgehead atoms. The maximum atomic E-state index is 10.6. The molecule has 0 amide bonds. The summed E-state index contributed by atoms with van der Waals surface area (Å²) in [5, 5.41) is 10.6. The highest BCUT2D eigenvalue weighted by Gasteiger charge is 2.04. The zero-order valence-corrected chi connectivity index (χ0v) is 20.3. The molecule has 34 heavy (non-hydrogen) atoms. The molecule has 0 heterocycles. The lowest BCUT2D eigenvalue weighted by molar-refractivity contribution is -0.384. The normalized spacial score (nSPS) is 11.1. The number of nitro groups is 1. The highest BCUT2D eigenvalue weighted by molar-refractivity contribution is 6.17. The van der Waals surface area contributed by atoms with Gasteiger partial charge in [-0.2, -0.15) is 0 Å². The van der Waals surface area contributed by atoms with Crippen LogP contribution in [0.2, 0.25) is 0 Å². The van der Waals surface area contributed by atoms with Gasteiger partial charge in [0.05, 0.1) is 97.4 Å². The number of ether oxygens (including phenoxy) is 8. The average Bonchev–Trinajstić information content (AvgIpc) is 2.84. The summed E-state index contributed by atoms with van der Waals surface area (Å²) in [5.74, 6) is 1.05. The third-order valence-electron chi connectivity index (χ3n) is 4.00. The van der Waals surface area contributed by atoms with Gasteiger partial charge in [-0.15, -0.1) is 11.6 Å². The molecule has 0 aliphatic carbocycles. The number of alkyl halides is 1. The molecule has 196 valence electrons. The van der Waals surface area contributed by atoms with Crippen molar-refractivity contribution in [2.75, 3.05) is 105 Å². The van der Waals surface area contributed by atoms with Crippen LogP contribution in [-0.4, -0.2) is 110 Å². The van der Waals surface area contributed by atoms with Crippen molar-refractivity contribution in [2.24, 2.45) is 0 Å². The second-order valence-electron chi connectivity index (χ2n) is 6.58. The Morgan fingerprint density at radius 2 is 0.882 bits per heavy atom. The van der Waals surface area contributed by atoms with E-state index in [9.17, 15) is 10.1 Å². The molecule has 1 aromatic carbocycles. The van der Waals surface area contributed by atoms with E-state index in [1.807, 2.05) is 0 Å². The van der Waals surface area contributed by atoms with Crippen molar-refractivity contribution in [1.29, 1.82) is 0 Å². The van der Waals surface area contributed by atoms with E-state index in [1.54, 1.807) is 12.1 Å². The quantitative estimate of drug-likeness (QED) is 0.0840. The van der Waals surface area contributed by atoms with Crippen LogP contribution in [0.25, 0.3) is 0 Å². The lowest BCUT2D eigenvalue weighted by atomic mass is 10.3. The Morgan fingerprint density at radius 3 is 1.21 bits per heavy atom. The first-order chi connectivity index (χ1) is 16.7. The minimum atomic E-state index is -0.452. The van der Waals surface area contributed by atoms with Crippen LogP contribution in [0.5, 0.6) is 5.75 Å². The van der Waals surface area contributed by atoms with Crippen LogP contribution >= 0.6 is 11.6 Å².